The summed E-state index contributed by atoms with van der Waals surface area (Å²) in [5, 5.41) is 8.93. The van der Waals surface area contributed by atoms with Crippen LogP contribution in [0.2, 0.25) is 0 Å². The van der Waals surface area contributed by atoms with Gasteiger partial charge < -0.3 is 9.52 Å². The monoisotopic (exact) mass is 240 g/mol. The Balaban J connectivity index is 1.96. The number of aliphatic hydroxyl groups is 1. The van der Waals surface area contributed by atoms with Gasteiger partial charge in [-0.25, -0.2) is 0 Å². The largest absolute Gasteiger partial charge is 0.468 e. The molecule has 0 aromatic carbocycles. The molecule has 0 aliphatic rings. The third-order valence-corrected chi connectivity index (χ3v) is 4.40. The van der Waals surface area contributed by atoms with E-state index in [0.717, 1.165) is 16.4 Å². The highest BCUT2D eigenvalue weighted by Crippen LogP contribution is 2.30. The van der Waals surface area contributed by atoms with Crippen LogP contribution in [-0.4, -0.2) is 5.11 Å². The molecule has 2 aromatic rings. The first kappa shape index (κ1) is 10.8. The normalized spacial score (nSPS) is 10.8. The van der Waals surface area contributed by atoms with Gasteiger partial charge in [0.2, 0.25) is 0 Å². The number of aryl methyl sites for hydroxylation is 1. The van der Waals surface area contributed by atoms with Crippen molar-refractivity contribution in [3.05, 3.63) is 40.7 Å². The molecule has 0 amide bonds. The van der Waals surface area contributed by atoms with Gasteiger partial charge >= 0.3 is 0 Å². The van der Waals surface area contributed by atoms with Gasteiger partial charge in [0.25, 0.3) is 0 Å². The lowest BCUT2D eigenvalue weighted by Crippen LogP contribution is -1.77. The van der Waals surface area contributed by atoms with Crippen molar-refractivity contribution in [3.8, 4) is 0 Å². The van der Waals surface area contributed by atoms with Crippen molar-refractivity contribution < 1.29 is 9.52 Å². The second-order valence-corrected chi connectivity index (χ2v) is 5.64. The van der Waals surface area contributed by atoms with E-state index in [2.05, 4.69) is 0 Å². The summed E-state index contributed by atoms with van der Waals surface area (Å²) in [5.41, 5.74) is 1.20. The Morgan fingerprint density at radius 1 is 1.40 bits per heavy atom. The van der Waals surface area contributed by atoms with Crippen LogP contribution in [0.1, 0.15) is 16.2 Å². The molecule has 0 aliphatic carbocycles. The second-order valence-electron chi connectivity index (χ2n) is 3.19. The summed E-state index contributed by atoms with van der Waals surface area (Å²) in [6.45, 7) is 2.18. The standard InChI is InChI=1S/C11H12O2S2/c1-8-4-5-13-10(8)7-14-11-3-2-9(6-12)15-11/h2-5,12H,6-7H2,1H3. The predicted octanol–water partition coefficient (Wildman–Crippen LogP) is 3.43. The zero-order chi connectivity index (χ0) is 10.7. The van der Waals surface area contributed by atoms with E-state index < -0.39 is 0 Å². The van der Waals surface area contributed by atoms with E-state index in [9.17, 15) is 0 Å². The van der Waals surface area contributed by atoms with Crippen LogP contribution in [0.5, 0.6) is 0 Å². The SMILES string of the molecule is Cc1ccoc1CSc1ccc(CO)s1. The summed E-state index contributed by atoms with van der Waals surface area (Å²) < 4.78 is 6.57. The lowest BCUT2D eigenvalue weighted by molar-refractivity contribution is 0.285. The third-order valence-electron chi connectivity index (χ3n) is 2.11. The maximum atomic E-state index is 8.93. The number of thioether (sulfide) groups is 1. The van der Waals surface area contributed by atoms with Gasteiger partial charge in [-0.1, -0.05) is 0 Å². The van der Waals surface area contributed by atoms with Gasteiger partial charge in [-0.3, -0.25) is 0 Å². The first-order chi connectivity index (χ1) is 7.29. The number of hydrogen-bond donors (Lipinski definition) is 1. The number of hydrogen-bond acceptors (Lipinski definition) is 4. The van der Waals surface area contributed by atoms with E-state index in [1.807, 2.05) is 25.1 Å². The number of rotatable bonds is 4. The summed E-state index contributed by atoms with van der Waals surface area (Å²) in [4.78, 5) is 1.01. The molecule has 0 atom stereocenters. The number of aliphatic hydroxyl groups excluding tert-OH is 1. The Bertz CT molecular complexity index is 431. The topological polar surface area (TPSA) is 33.4 Å². The Labute approximate surface area is 96.9 Å². The zero-order valence-electron chi connectivity index (χ0n) is 8.40. The summed E-state index contributed by atoms with van der Waals surface area (Å²) in [7, 11) is 0. The van der Waals surface area contributed by atoms with Crippen LogP contribution in [0.3, 0.4) is 0 Å². The molecule has 4 heteroatoms. The molecule has 2 heterocycles. The molecule has 2 aromatic heterocycles. The minimum atomic E-state index is 0.130. The first-order valence-corrected chi connectivity index (χ1v) is 6.45. The highest BCUT2D eigenvalue weighted by atomic mass is 32.2. The summed E-state index contributed by atoms with van der Waals surface area (Å²) in [5.74, 6) is 1.88. The third kappa shape index (κ3) is 2.65. The molecule has 1 N–H and O–H groups in total. The molecule has 0 spiro atoms. The highest BCUT2D eigenvalue weighted by molar-refractivity contribution is 8.00. The van der Waals surface area contributed by atoms with E-state index in [-0.39, 0.29) is 6.61 Å². The molecule has 0 saturated carbocycles. The Morgan fingerprint density at radius 3 is 2.87 bits per heavy atom. The number of furan rings is 1. The fraction of sp³-hybridized carbons (Fsp3) is 0.273. The van der Waals surface area contributed by atoms with Crippen molar-refractivity contribution in [1.82, 2.24) is 0 Å². The molecular formula is C11H12O2S2. The maximum absolute atomic E-state index is 8.93. The molecule has 0 saturated heterocycles. The van der Waals surface area contributed by atoms with Gasteiger partial charge in [-0.15, -0.1) is 23.1 Å². The zero-order valence-corrected chi connectivity index (χ0v) is 10.0. The average Bonchev–Trinajstić information content (AvgIpc) is 2.84. The lowest BCUT2D eigenvalue weighted by atomic mass is 10.3. The van der Waals surface area contributed by atoms with Gasteiger partial charge in [-0.2, -0.15) is 0 Å². The summed E-state index contributed by atoms with van der Waals surface area (Å²) >= 11 is 3.37. The van der Waals surface area contributed by atoms with Crippen LogP contribution >= 0.6 is 23.1 Å². The Morgan fingerprint density at radius 2 is 2.27 bits per heavy atom. The number of thiophene rings is 1. The van der Waals surface area contributed by atoms with Crippen LogP contribution in [0.25, 0.3) is 0 Å². The van der Waals surface area contributed by atoms with E-state index in [1.54, 1.807) is 29.4 Å². The Kier molecular flexibility index (Phi) is 3.51. The van der Waals surface area contributed by atoms with E-state index in [4.69, 9.17) is 9.52 Å². The lowest BCUT2D eigenvalue weighted by Gasteiger charge is -1.96. The van der Waals surface area contributed by atoms with Crippen LogP contribution in [0.4, 0.5) is 0 Å². The van der Waals surface area contributed by atoms with E-state index in [1.165, 1.54) is 9.77 Å². The minimum Gasteiger partial charge on any atom is -0.468 e. The molecule has 0 fully saturated rings. The quantitative estimate of drug-likeness (QED) is 0.831. The van der Waals surface area contributed by atoms with Crippen molar-refractivity contribution in [2.75, 3.05) is 0 Å². The average molecular weight is 240 g/mol. The summed E-state index contributed by atoms with van der Waals surface area (Å²) in [6.07, 6.45) is 1.72. The maximum Gasteiger partial charge on any atom is 0.116 e. The van der Waals surface area contributed by atoms with Gasteiger partial charge in [0.05, 0.1) is 22.8 Å². The van der Waals surface area contributed by atoms with Crippen molar-refractivity contribution in [2.24, 2.45) is 0 Å². The van der Waals surface area contributed by atoms with Gasteiger partial charge in [0, 0.05) is 4.88 Å². The molecule has 0 radical (unpaired) electrons. The van der Waals surface area contributed by atoms with Crippen LogP contribution in [0, 0.1) is 6.92 Å². The van der Waals surface area contributed by atoms with Gasteiger partial charge in [0.1, 0.15) is 5.76 Å². The van der Waals surface area contributed by atoms with Crippen molar-refractivity contribution in [1.29, 1.82) is 0 Å². The molecule has 15 heavy (non-hydrogen) atoms. The molecule has 0 aliphatic heterocycles. The van der Waals surface area contributed by atoms with Crippen molar-refractivity contribution >= 4 is 23.1 Å². The minimum absolute atomic E-state index is 0.130. The molecule has 2 nitrogen and oxygen atoms in total. The first-order valence-electron chi connectivity index (χ1n) is 4.65. The van der Waals surface area contributed by atoms with Crippen molar-refractivity contribution in [3.63, 3.8) is 0 Å². The second kappa shape index (κ2) is 4.88. The van der Waals surface area contributed by atoms with E-state index >= 15 is 0 Å². The Hall–Kier alpha value is -0.710. The van der Waals surface area contributed by atoms with Crippen LogP contribution < -0.4 is 0 Å². The fourth-order valence-electron chi connectivity index (χ4n) is 1.21. The van der Waals surface area contributed by atoms with Crippen molar-refractivity contribution in [2.45, 2.75) is 23.5 Å². The molecule has 0 bridgehead atoms. The molecule has 0 unspecified atom stereocenters. The van der Waals surface area contributed by atoms with E-state index in [0.29, 0.717) is 0 Å². The van der Waals surface area contributed by atoms with Gasteiger partial charge in [0.15, 0.2) is 0 Å². The molecule has 2 rings (SSSR count). The predicted molar refractivity (Wildman–Crippen MR) is 63.2 cm³/mol. The van der Waals surface area contributed by atoms with Crippen LogP contribution in [0.15, 0.2) is 33.1 Å². The van der Waals surface area contributed by atoms with Crippen LogP contribution in [-0.2, 0) is 12.4 Å². The summed E-state index contributed by atoms with van der Waals surface area (Å²) in [6, 6.07) is 5.98. The highest BCUT2D eigenvalue weighted by Gasteiger charge is 2.04. The smallest absolute Gasteiger partial charge is 0.116 e. The van der Waals surface area contributed by atoms with Gasteiger partial charge in [-0.05, 0) is 30.7 Å². The fourth-order valence-corrected chi connectivity index (χ4v) is 3.27. The molecular weight excluding hydrogens is 228 g/mol. The molecule has 80 valence electrons.